The van der Waals surface area contributed by atoms with Crippen LogP contribution in [0.15, 0.2) is 23.3 Å². The molecule has 1 atom stereocenters. The maximum atomic E-state index is 13.2. The van der Waals surface area contributed by atoms with E-state index in [0.29, 0.717) is 5.56 Å². The van der Waals surface area contributed by atoms with Crippen molar-refractivity contribution in [3.8, 4) is 5.75 Å². The van der Waals surface area contributed by atoms with Crippen LogP contribution in [0.2, 0.25) is 0 Å². The summed E-state index contributed by atoms with van der Waals surface area (Å²) in [6.45, 7) is 3.08. The van der Waals surface area contributed by atoms with Crippen molar-refractivity contribution in [2.24, 2.45) is 5.10 Å². The smallest absolute Gasteiger partial charge is 0.438 e. The summed E-state index contributed by atoms with van der Waals surface area (Å²) >= 11 is 0. The molecule has 8 heteroatoms. The zero-order chi connectivity index (χ0) is 16.7. The van der Waals surface area contributed by atoms with E-state index in [2.05, 4.69) is 5.10 Å². The van der Waals surface area contributed by atoms with Crippen molar-refractivity contribution in [2.45, 2.75) is 38.6 Å². The van der Waals surface area contributed by atoms with Gasteiger partial charge in [-0.2, -0.15) is 23.3 Å². The number of halogens is 3. The molecular weight excluding hydrogens is 301 g/mol. The van der Waals surface area contributed by atoms with Crippen molar-refractivity contribution in [3.63, 3.8) is 0 Å². The van der Waals surface area contributed by atoms with Gasteiger partial charge in [-0.25, -0.2) is 0 Å². The number of aryl methyl sites for hydroxylation is 1. The van der Waals surface area contributed by atoms with Gasteiger partial charge in [0.05, 0.1) is 5.56 Å². The summed E-state index contributed by atoms with van der Waals surface area (Å²) in [6, 6.07) is 4.11. The van der Waals surface area contributed by atoms with Crippen molar-refractivity contribution >= 4 is 11.6 Å². The number of amides is 1. The molecule has 0 aromatic heterocycles. The van der Waals surface area contributed by atoms with E-state index >= 15 is 0 Å². The summed E-state index contributed by atoms with van der Waals surface area (Å²) in [7, 11) is 0. The van der Waals surface area contributed by atoms with Crippen LogP contribution in [0, 0.1) is 6.92 Å². The Labute approximate surface area is 124 Å². The van der Waals surface area contributed by atoms with E-state index in [4.69, 9.17) is 0 Å². The Balaban J connectivity index is 2.50. The number of nitrogens with zero attached hydrogens (tertiary/aromatic N) is 2. The van der Waals surface area contributed by atoms with Crippen LogP contribution in [0.25, 0.3) is 0 Å². The van der Waals surface area contributed by atoms with Crippen LogP contribution >= 0.6 is 0 Å². The lowest BCUT2D eigenvalue weighted by Crippen LogP contribution is -2.56. The second-order valence-electron chi connectivity index (χ2n) is 5.10. The Kier molecular flexibility index (Phi) is 3.90. The van der Waals surface area contributed by atoms with Gasteiger partial charge in [-0.1, -0.05) is 19.1 Å². The third kappa shape index (κ3) is 2.43. The molecule has 22 heavy (non-hydrogen) atoms. The van der Waals surface area contributed by atoms with Crippen molar-refractivity contribution in [2.75, 3.05) is 0 Å². The van der Waals surface area contributed by atoms with Crippen LogP contribution < -0.4 is 0 Å². The topological polar surface area (TPSA) is 73.1 Å². The Bertz CT molecular complexity index is 643. The number of hydrogen-bond acceptors (Lipinski definition) is 4. The van der Waals surface area contributed by atoms with Crippen LogP contribution in [-0.2, 0) is 0 Å². The van der Waals surface area contributed by atoms with Gasteiger partial charge in [0.1, 0.15) is 5.75 Å². The number of benzene rings is 1. The molecule has 1 aliphatic heterocycles. The normalized spacial score (nSPS) is 21.9. The Morgan fingerprint density at radius 1 is 1.45 bits per heavy atom. The number of hydrogen-bond donors (Lipinski definition) is 2. The lowest BCUT2D eigenvalue weighted by Gasteiger charge is -2.32. The Morgan fingerprint density at radius 2 is 2.09 bits per heavy atom. The van der Waals surface area contributed by atoms with Crippen LogP contribution in [0.1, 0.15) is 35.7 Å². The predicted octanol–water partition coefficient (Wildman–Crippen LogP) is 2.56. The molecule has 0 spiro atoms. The van der Waals surface area contributed by atoms with Crippen molar-refractivity contribution < 1.29 is 28.2 Å². The molecule has 5 nitrogen and oxygen atoms in total. The van der Waals surface area contributed by atoms with Gasteiger partial charge < -0.3 is 10.2 Å². The molecule has 0 bridgehead atoms. The number of carbonyl (C=O) groups excluding carboxylic acids is 1. The third-order valence-corrected chi connectivity index (χ3v) is 3.57. The molecule has 0 unspecified atom stereocenters. The van der Waals surface area contributed by atoms with E-state index in [1.54, 1.807) is 6.92 Å². The molecule has 2 N–H and O–H groups in total. The minimum atomic E-state index is -5.07. The Morgan fingerprint density at radius 3 is 2.64 bits per heavy atom. The highest BCUT2D eigenvalue weighted by molar-refractivity contribution is 6.00. The van der Waals surface area contributed by atoms with Gasteiger partial charge in [-0.05, 0) is 25.0 Å². The third-order valence-electron chi connectivity index (χ3n) is 3.57. The molecule has 120 valence electrons. The van der Waals surface area contributed by atoms with Gasteiger partial charge >= 0.3 is 6.18 Å². The monoisotopic (exact) mass is 316 g/mol. The van der Waals surface area contributed by atoms with Gasteiger partial charge in [-0.15, -0.1) is 0 Å². The number of phenols is 1. The minimum absolute atomic E-state index is 0.0142. The van der Waals surface area contributed by atoms with Crippen molar-refractivity contribution in [1.82, 2.24) is 5.01 Å². The van der Waals surface area contributed by atoms with E-state index in [-0.39, 0.29) is 22.7 Å². The van der Waals surface area contributed by atoms with Crippen molar-refractivity contribution in [3.05, 3.63) is 29.3 Å². The number of carbonyl (C=O) groups is 1. The first kappa shape index (κ1) is 16.3. The number of para-hydroxylation sites is 1. The van der Waals surface area contributed by atoms with Crippen LogP contribution in [0.5, 0.6) is 5.75 Å². The SMILES string of the molecule is CCC1=NN(C(=O)c2cccc(C)c2O)[C@@](O)(C(F)(F)F)C1. The molecule has 1 aliphatic rings. The van der Waals surface area contributed by atoms with Gasteiger partial charge in [0.15, 0.2) is 0 Å². The summed E-state index contributed by atoms with van der Waals surface area (Å²) < 4.78 is 39.5. The predicted molar refractivity (Wildman–Crippen MR) is 72.4 cm³/mol. The highest BCUT2D eigenvalue weighted by Crippen LogP contribution is 2.42. The van der Waals surface area contributed by atoms with Crippen LogP contribution in [0.4, 0.5) is 13.2 Å². The summed E-state index contributed by atoms with van der Waals surface area (Å²) in [5.74, 6) is -1.64. The molecule has 1 amide bonds. The first-order valence-electron chi connectivity index (χ1n) is 6.60. The molecular formula is C14H15F3N2O3. The largest absolute Gasteiger partial charge is 0.507 e. The molecule has 2 rings (SSSR count). The second kappa shape index (κ2) is 5.28. The molecule has 1 aromatic rings. The molecule has 0 fully saturated rings. The number of alkyl halides is 3. The van der Waals surface area contributed by atoms with Crippen molar-refractivity contribution in [1.29, 1.82) is 0 Å². The lowest BCUT2D eigenvalue weighted by molar-refractivity contribution is -0.297. The zero-order valence-electron chi connectivity index (χ0n) is 12.0. The highest BCUT2D eigenvalue weighted by Gasteiger charge is 2.63. The van der Waals surface area contributed by atoms with E-state index in [0.717, 1.165) is 0 Å². The zero-order valence-corrected chi connectivity index (χ0v) is 12.0. The molecule has 0 saturated carbocycles. The maximum Gasteiger partial charge on any atom is 0.438 e. The fourth-order valence-corrected chi connectivity index (χ4v) is 2.19. The van der Waals surface area contributed by atoms with E-state index < -0.39 is 30.0 Å². The maximum absolute atomic E-state index is 13.2. The highest BCUT2D eigenvalue weighted by atomic mass is 19.4. The fourth-order valence-electron chi connectivity index (χ4n) is 2.19. The van der Waals surface area contributed by atoms with E-state index in [9.17, 15) is 28.2 Å². The standard InChI is InChI=1S/C14H15F3N2O3/c1-3-9-7-13(22,14(15,16)17)19(18-9)12(21)10-6-4-5-8(2)11(10)20/h4-6,20,22H,3,7H2,1-2H3/t13-/m0/s1. The summed E-state index contributed by atoms with van der Waals surface area (Å²) in [5.41, 5.74) is -3.35. The molecule has 0 radical (unpaired) electrons. The molecule has 0 saturated heterocycles. The summed E-state index contributed by atoms with van der Waals surface area (Å²) in [6.07, 6.45) is -5.70. The molecule has 1 heterocycles. The lowest BCUT2D eigenvalue weighted by atomic mass is 10.0. The minimum Gasteiger partial charge on any atom is -0.507 e. The molecule has 1 aromatic carbocycles. The van der Waals surface area contributed by atoms with Gasteiger partial charge in [0.25, 0.3) is 11.6 Å². The quantitative estimate of drug-likeness (QED) is 0.881. The number of aromatic hydroxyl groups is 1. The number of phenolic OH excluding ortho intramolecular Hbond substituents is 1. The Hall–Kier alpha value is -2.09. The van der Waals surface area contributed by atoms with Gasteiger partial charge in [-0.3, -0.25) is 4.79 Å². The van der Waals surface area contributed by atoms with Gasteiger partial charge in [0, 0.05) is 12.1 Å². The van der Waals surface area contributed by atoms with Crippen LogP contribution in [0.3, 0.4) is 0 Å². The fraction of sp³-hybridized carbons (Fsp3) is 0.429. The number of rotatable bonds is 2. The molecule has 0 aliphatic carbocycles. The number of hydrazone groups is 1. The first-order chi connectivity index (χ1) is 10.1. The number of aliphatic hydroxyl groups is 1. The van der Waals surface area contributed by atoms with Crippen LogP contribution in [-0.4, -0.2) is 38.7 Å². The van der Waals surface area contributed by atoms with E-state index in [1.165, 1.54) is 25.1 Å². The van der Waals surface area contributed by atoms with Gasteiger partial charge in [0.2, 0.25) is 0 Å². The average molecular weight is 316 g/mol. The second-order valence-corrected chi connectivity index (χ2v) is 5.10. The average Bonchev–Trinajstić information content (AvgIpc) is 2.79. The summed E-state index contributed by atoms with van der Waals surface area (Å²) in [5, 5.41) is 23.4. The first-order valence-corrected chi connectivity index (χ1v) is 6.60. The van der Waals surface area contributed by atoms with E-state index in [1.807, 2.05) is 0 Å². The summed E-state index contributed by atoms with van der Waals surface area (Å²) in [4.78, 5) is 12.3.